The highest BCUT2D eigenvalue weighted by atomic mass is 16.2. The molecule has 1 aliphatic heterocycles. The first-order valence-electron chi connectivity index (χ1n) is 12.3. The number of carbonyl (C=O) groups is 2. The third kappa shape index (κ3) is 4.52. The van der Waals surface area contributed by atoms with Crippen LogP contribution >= 0.6 is 0 Å². The second-order valence-electron chi connectivity index (χ2n) is 9.61. The Balaban J connectivity index is 1.32. The number of carbonyl (C=O) groups excluding carboxylic acids is 2. The number of nitrogens with one attached hydrogen (secondary N) is 1. The molecule has 1 aromatic heterocycles. The standard InChI is InChI=1S/C27H30N4O4/c1-18-6-4-11-22-23(18)24(32)28-27(35)31(22)17-19-7-5-10-21(16-19)26(34)30-14-12-29(13-15-30)25(33)20-8-2-3-9-20/h4-7,10-11,16,20H,2-3,8-9,12-15,17H2,1H3,(H,28,32,35). The minimum atomic E-state index is -0.479. The SMILES string of the molecule is Cc1cccc2c1c(=O)[nH]c(=O)n2Cc1cccc(C(=O)N2CCN(C(=O)C3CCCC3)CC2)c1. The van der Waals surface area contributed by atoms with Crippen LogP contribution in [0.15, 0.2) is 52.1 Å². The lowest BCUT2D eigenvalue weighted by atomic mass is 10.1. The zero-order chi connectivity index (χ0) is 24.5. The molecule has 2 aliphatic rings. The number of piperazine rings is 1. The Morgan fingerprint density at radius 3 is 2.37 bits per heavy atom. The van der Waals surface area contributed by atoms with Gasteiger partial charge in [-0.25, -0.2) is 4.79 Å². The summed E-state index contributed by atoms with van der Waals surface area (Å²) in [6.07, 6.45) is 4.23. The fourth-order valence-electron chi connectivity index (χ4n) is 5.39. The molecule has 2 aromatic carbocycles. The number of hydrogen-bond acceptors (Lipinski definition) is 4. The number of aryl methyl sites for hydroxylation is 1. The van der Waals surface area contributed by atoms with E-state index in [1.54, 1.807) is 23.1 Å². The minimum absolute atomic E-state index is 0.0747. The van der Waals surface area contributed by atoms with Gasteiger partial charge in [-0.2, -0.15) is 0 Å². The largest absolute Gasteiger partial charge is 0.339 e. The third-order valence-corrected chi connectivity index (χ3v) is 7.33. The number of rotatable bonds is 4. The Morgan fingerprint density at radius 2 is 1.63 bits per heavy atom. The fourth-order valence-corrected chi connectivity index (χ4v) is 5.39. The lowest BCUT2D eigenvalue weighted by Crippen LogP contribution is -2.51. The maximum Gasteiger partial charge on any atom is 0.329 e. The third-order valence-electron chi connectivity index (χ3n) is 7.33. The van der Waals surface area contributed by atoms with E-state index in [-0.39, 0.29) is 24.3 Å². The summed E-state index contributed by atoms with van der Waals surface area (Å²) in [7, 11) is 0. The van der Waals surface area contributed by atoms with Gasteiger partial charge in [0.2, 0.25) is 5.91 Å². The molecule has 8 nitrogen and oxygen atoms in total. The van der Waals surface area contributed by atoms with Crippen LogP contribution in [0, 0.1) is 12.8 Å². The summed E-state index contributed by atoms with van der Waals surface area (Å²) in [5.74, 6) is 0.324. The van der Waals surface area contributed by atoms with E-state index in [0.29, 0.717) is 42.6 Å². The minimum Gasteiger partial charge on any atom is -0.339 e. The average molecular weight is 475 g/mol. The summed E-state index contributed by atoms with van der Waals surface area (Å²) in [6.45, 7) is 4.25. The maximum atomic E-state index is 13.2. The lowest BCUT2D eigenvalue weighted by molar-refractivity contribution is -0.136. The smallest absolute Gasteiger partial charge is 0.329 e. The first kappa shape index (κ1) is 23.1. The van der Waals surface area contributed by atoms with Crippen molar-refractivity contribution in [3.05, 3.63) is 80.0 Å². The summed E-state index contributed by atoms with van der Waals surface area (Å²) in [6, 6.07) is 12.7. The molecule has 0 unspecified atom stereocenters. The molecule has 8 heteroatoms. The lowest BCUT2D eigenvalue weighted by Gasteiger charge is -2.36. The number of H-pyrrole nitrogens is 1. The van der Waals surface area contributed by atoms with E-state index >= 15 is 0 Å². The number of aromatic amines is 1. The fraction of sp³-hybridized carbons (Fsp3) is 0.407. The van der Waals surface area contributed by atoms with Crippen LogP contribution in [-0.4, -0.2) is 57.3 Å². The molecule has 1 aliphatic carbocycles. The molecule has 35 heavy (non-hydrogen) atoms. The Bertz CT molecular complexity index is 1390. The predicted octanol–water partition coefficient (Wildman–Crippen LogP) is 2.52. The Hall–Kier alpha value is -3.68. The highest BCUT2D eigenvalue weighted by Gasteiger charge is 2.30. The van der Waals surface area contributed by atoms with Gasteiger partial charge >= 0.3 is 5.69 Å². The van der Waals surface area contributed by atoms with Gasteiger partial charge in [-0.05, 0) is 49.1 Å². The normalized spacial score (nSPS) is 16.7. The Labute approximate surface area is 203 Å². The monoisotopic (exact) mass is 474 g/mol. The summed E-state index contributed by atoms with van der Waals surface area (Å²) >= 11 is 0. The van der Waals surface area contributed by atoms with Gasteiger partial charge in [-0.1, -0.05) is 37.1 Å². The topological polar surface area (TPSA) is 95.5 Å². The molecule has 0 radical (unpaired) electrons. The van der Waals surface area contributed by atoms with E-state index in [1.807, 2.05) is 36.1 Å². The quantitative estimate of drug-likeness (QED) is 0.629. The van der Waals surface area contributed by atoms with E-state index in [4.69, 9.17) is 0 Å². The highest BCUT2D eigenvalue weighted by molar-refractivity contribution is 5.94. The van der Waals surface area contributed by atoms with Crippen molar-refractivity contribution >= 4 is 22.7 Å². The van der Waals surface area contributed by atoms with Gasteiger partial charge < -0.3 is 9.80 Å². The van der Waals surface area contributed by atoms with Crippen LogP contribution in [0.2, 0.25) is 0 Å². The molecule has 0 spiro atoms. The van der Waals surface area contributed by atoms with Gasteiger partial charge in [-0.3, -0.25) is 23.9 Å². The van der Waals surface area contributed by atoms with Gasteiger partial charge in [0.15, 0.2) is 0 Å². The number of benzene rings is 2. The number of amides is 2. The summed E-state index contributed by atoms with van der Waals surface area (Å²) < 4.78 is 1.53. The molecule has 182 valence electrons. The summed E-state index contributed by atoms with van der Waals surface area (Å²) in [5, 5.41) is 0.490. The molecule has 2 amide bonds. The van der Waals surface area contributed by atoms with Crippen molar-refractivity contribution in [2.24, 2.45) is 5.92 Å². The van der Waals surface area contributed by atoms with Crippen LogP contribution in [0.1, 0.15) is 47.2 Å². The molecule has 2 heterocycles. The predicted molar refractivity (Wildman–Crippen MR) is 134 cm³/mol. The maximum absolute atomic E-state index is 13.2. The van der Waals surface area contributed by atoms with Crippen molar-refractivity contribution in [1.29, 1.82) is 0 Å². The van der Waals surface area contributed by atoms with E-state index in [0.717, 1.165) is 36.8 Å². The first-order valence-corrected chi connectivity index (χ1v) is 12.3. The molecule has 1 saturated carbocycles. The van der Waals surface area contributed by atoms with E-state index < -0.39 is 11.2 Å². The second-order valence-corrected chi connectivity index (χ2v) is 9.61. The molecule has 0 atom stereocenters. The molecule has 1 saturated heterocycles. The molecular weight excluding hydrogens is 444 g/mol. The number of aromatic nitrogens is 2. The second kappa shape index (κ2) is 9.52. The zero-order valence-electron chi connectivity index (χ0n) is 20.0. The summed E-state index contributed by atoms with van der Waals surface area (Å²) in [5.41, 5.74) is 1.84. The molecule has 5 rings (SSSR count). The Morgan fingerprint density at radius 1 is 0.943 bits per heavy atom. The van der Waals surface area contributed by atoms with Crippen LogP contribution in [0.4, 0.5) is 0 Å². The Kier molecular flexibility index (Phi) is 6.28. The van der Waals surface area contributed by atoms with Gasteiger partial charge in [0.25, 0.3) is 11.5 Å². The molecule has 1 N–H and O–H groups in total. The first-order chi connectivity index (χ1) is 16.9. The molecule has 0 bridgehead atoms. The van der Waals surface area contributed by atoms with E-state index in [9.17, 15) is 19.2 Å². The number of nitrogens with zero attached hydrogens (tertiary/aromatic N) is 3. The van der Waals surface area contributed by atoms with Crippen LogP contribution in [0.3, 0.4) is 0 Å². The van der Waals surface area contributed by atoms with Crippen LogP contribution < -0.4 is 11.2 Å². The van der Waals surface area contributed by atoms with Gasteiger partial charge in [-0.15, -0.1) is 0 Å². The van der Waals surface area contributed by atoms with Crippen LogP contribution in [-0.2, 0) is 11.3 Å². The molecule has 3 aromatic rings. The van der Waals surface area contributed by atoms with Gasteiger partial charge in [0, 0.05) is 37.7 Å². The molecule has 2 fully saturated rings. The van der Waals surface area contributed by atoms with Gasteiger partial charge in [0.05, 0.1) is 17.4 Å². The molecular formula is C27H30N4O4. The van der Waals surface area contributed by atoms with Crippen molar-refractivity contribution in [1.82, 2.24) is 19.4 Å². The van der Waals surface area contributed by atoms with Crippen molar-refractivity contribution in [2.45, 2.75) is 39.2 Å². The van der Waals surface area contributed by atoms with Crippen molar-refractivity contribution in [3.8, 4) is 0 Å². The van der Waals surface area contributed by atoms with Crippen LogP contribution in [0.5, 0.6) is 0 Å². The van der Waals surface area contributed by atoms with Crippen molar-refractivity contribution in [2.75, 3.05) is 26.2 Å². The van der Waals surface area contributed by atoms with E-state index in [1.165, 1.54) is 4.57 Å². The number of fused-ring (bicyclic) bond motifs is 1. The van der Waals surface area contributed by atoms with Crippen molar-refractivity contribution in [3.63, 3.8) is 0 Å². The summed E-state index contributed by atoms with van der Waals surface area (Å²) in [4.78, 5) is 57.0. The highest BCUT2D eigenvalue weighted by Crippen LogP contribution is 2.27. The van der Waals surface area contributed by atoms with Gasteiger partial charge in [0.1, 0.15) is 0 Å². The number of hydrogen-bond donors (Lipinski definition) is 1. The van der Waals surface area contributed by atoms with Crippen molar-refractivity contribution < 1.29 is 9.59 Å². The van der Waals surface area contributed by atoms with E-state index in [2.05, 4.69) is 4.98 Å². The zero-order valence-corrected chi connectivity index (χ0v) is 20.0. The van der Waals surface area contributed by atoms with Crippen LogP contribution in [0.25, 0.3) is 10.9 Å². The average Bonchev–Trinajstić information content (AvgIpc) is 3.41.